The van der Waals surface area contributed by atoms with Crippen molar-refractivity contribution in [2.45, 2.75) is 58.4 Å². The topological polar surface area (TPSA) is 55.4 Å². The van der Waals surface area contributed by atoms with Gasteiger partial charge in [0.05, 0.1) is 13.0 Å². The molecule has 4 nitrogen and oxygen atoms in total. The Labute approximate surface area is 127 Å². The minimum absolute atomic E-state index is 0.111. The second kappa shape index (κ2) is 8.01. The van der Waals surface area contributed by atoms with Gasteiger partial charge in [-0.2, -0.15) is 0 Å². The summed E-state index contributed by atoms with van der Waals surface area (Å²) < 4.78 is 4.92. The normalized spacial score (nSPS) is 20.1. The van der Waals surface area contributed by atoms with Crippen LogP contribution in [0.5, 0.6) is 0 Å². The number of rotatable bonds is 5. The van der Waals surface area contributed by atoms with Gasteiger partial charge in [-0.3, -0.25) is 4.79 Å². The summed E-state index contributed by atoms with van der Waals surface area (Å²) in [4.78, 5) is 24.6. The molecule has 0 heterocycles. The zero-order valence-corrected chi connectivity index (χ0v) is 13.6. The summed E-state index contributed by atoms with van der Waals surface area (Å²) in [7, 11) is 1.38. The molecule has 0 aromatic heterocycles. The van der Waals surface area contributed by atoms with Gasteiger partial charge in [0.2, 0.25) is 5.91 Å². The van der Waals surface area contributed by atoms with Crippen LogP contribution in [0, 0.1) is 5.92 Å². The third-order valence-electron chi connectivity index (χ3n) is 4.27. The Morgan fingerprint density at radius 3 is 2.38 bits per heavy atom. The van der Waals surface area contributed by atoms with Gasteiger partial charge in [0, 0.05) is 0 Å². The van der Waals surface area contributed by atoms with Crippen LogP contribution < -0.4 is 5.32 Å². The van der Waals surface area contributed by atoms with Crippen LogP contribution in [0.1, 0.15) is 52.9 Å². The van der Waals surface area contributed by atoms with Crippen molar-refractivity contribution in [1.82, 2.24) is 5.32 Å². The minimum atomic E-state index is -0.834. The summed E-state index contributed by atoms with van der Waals surface area (Å²) in [5, 5.41) is 2.96. The van der Waals surface area contributed by atoms with E-state index in [1.54, 1.807) is 0 Å². The predicted molar refractivity (Wildman–Crippen MR) is 83.7 cm³/mol. The zero-order valence-electron chi connectivity index (χ0n) is 13.6. The molecule has 0 aromatic rings. The third-order valence-corrected chi connectivity index (χ3v) is 4.27. The maximum absolute atomic E-state index is 12.5. The second-order valence-corrected chi connectivity index (χ2v) is 5.78. The molecule has 0 bridgehead atoms. The molecule has 1 amide bonds. The Morgan fingerprint density at radius 1 is 1.24 bits per heavy atom. The predicted octanol–water partition coefficient (Wildman–Crippen LogP) is 3.14. The van der Waals surface area contributed by atoms with Gasteiger partial charge < -0.3 is 10.1 Å². The summed E-state index contributed by atoms with van der Waals surface area (Å²) >= 11 is 0. The van der Waals surface area contributed by atoms with E-state index in [9.17, 15) is 9.59 Å². The lowest BCUT2D eigenvalue weighted by Crippen LogP contribution is -2.57. The van der Waals surface area contributed by atoms with Crippen LogP contribution >= 0.6 is 0 Å². The van der Waals surface area contributed by atoms with Crippen LogP contribution in [-0.2, 0) is 14.3 Å². The molecule has 1 aliphatic rings. The highest BCUT2D eigenvalue weighted by Crippen LogP contribution is 2.30. The van der Waals surface area contributed by atoms with E-state index in [-0.39, 0.29) is 17.8 Å². The van der Waals surface area contributed by atoms with Gasteiger partial charge in [-0.15, -0.1) is 0 Å². The van der Waals surface area contributed by atoms with Gasteiger partial charge in [0.1, 0.15) is 5.54 Å². The van der Waals surface area contributed by atoms with E-state index in [1.807, 2.05) is 39.0 Å². The molecule has 0 aromatic carbocycles. The molecule has 4 heteroatoms. The standard InChI is InChI=1S/C17H27NO3/c1-5-6-10-13(2)14(3)15(19)18-17(16(20)21-4)11-8-7-9-12-17/h5-6,10,14H,7-9,11-12H2,1-4H3,(H,18,19)/b6-5-,13-10+/t14-/m1/s1. The molecule has 21 heavy (non-hydrogen) atoms. The Bertz CT molecular complexity index is 431. The molecule has 0 aliphatic heterocycles. The van der Waals surface area contributed by atoms with Crippen LogP contribution in [-0.4, -0.2) is 24.5 Å². The van der Waals surface area contributed by atoms with Crippen molar-refractivity contribution in [1.29, 1.82) is 0 Å². The number of allylic oxidation sites excluding steroid dienone is 3. The lowest BCUT2D eigenvalue weighted by molar-refractivity contribution is -0.153. The highest BCUT2D eigenvalue weighted by atomic mass is 16.5. The van der Waals surface area contributed by atoms with Gasteiger partial charge in [0.15, 0.2) is 0 Å². The minimum Gasteiger partial charge on any atom is -0.467 e. The highest BCUT2D eigenvalue weighted by molar-refractivity contribution is 5.90. The SMILES string of the molecule is C/C=C\C=C(/C)[C@@H](C)C(=O)NC1(C(=O)OC)CCCCC1. The van der Waals surface area contributed by atoms with Crippen molar-refractivity contribution < 1.29 is 14.3 Å². The number of carbonyl (C=O) groups is 2. The van der Waals surface area contributed by atoms with Gasteiger partial charge in [-0.25, -0.2) is 4.79 Å². The van der Waals surface area contributed by atoms with E-state index in [0.717, 1.165) is 24.8 Å². The molecule has 1 fully saturated rings. The Morgan fingerprint density at radius 2 is 1.86 bits per heavy atom. The monoisotopic (exact) mass is 293 g/mol. The molecular weight excluding hydrogens is 266 g/mol. The van der Waals surface area contributed by atoms with Crippen LogP contribution in [0.4, 0.5) is 0 Å². The Kier molecular flexibility index (Phi) is 6.66. The number of ether oxygens (including phenoxy) is 1. The summed E-state index contributed by atoms with van der Waals surface area (Å²) in [6, 6.07) is 0. The fourth-order valence-electron chi connectivity index (χ4n) is 2.67. The third kappa shape index (κ3) is 4.45. The lowest BCUT2D eigenvalue weighted by atomic mass is 9.81. The molecular formula is C17H27NO3. The number of hydrogen-bond acceptors (Lipinski definition) is 3. The van der Waals surface area contributed by atoms with Crippen LogP contribution in [0.25, 0.3) is 0 Å². The summed E-state index contributed by atoms with van der Waals surface area (Å²) in [6.45, 7) is 5.72. The van der Waals surface area contributed by atoms with E-state index in [0.29, 0.717) is 12.8 Å². The van der Waals surface area contributed by atoms with Crippen LogP contribution in [0.3, 0.4) is 0 Å². The first-order valence-electron chi connectivity index (χ1n) is 7.67. The number of methoxy groups -OCH3 is 1. The average Bonchev–Trinajstić information content (AvgIpc) is 2.51. The Hall–Kier alpha value is -1.58. The fraction of sp³-hybridized carbons (Fsp3) is 0.647. The van der Waals surface area contributed by atoms with E-state index < -0.39 is 5.54 Å². The van der Waals surface area contributed by atoms with Crippen molar-refractivity contribution in [2.75, 3.05) is 7.11 Å². The highest BCUT2D eigenvalue weighted by Gasteiger charge is 2.42. The largest absolute Gasteiger partial charge is 0.467 e. The second-order valence-electron chi connectivity index (χ2n) is 5.78. The van der Waals surface area contributed by atoms with Crippen LogP contribution in [0.2, 0.25) is 0 Å². The van der Waals surface area contributed by atoms with Crippen molar-refractivity contribution in [3.05, 3.63) is 23.8 Å². The maximum atomic E-state index is 12.5. The van der Waals surface area contributed by atoms with Crippen molar-refractivity contribution >= 4 is 11.9 Å². The van der Waals surface area contributed by atoms with Gasteiger partial charge >= 0.3 is 5.97 Å². The molecule has 1 atom stereocenters. The number of hydrogen-bond donors (Lipinski definition) is 1. The van der Waals surface area contributed by atoms with Crippen LogP contribution in [0.15, 0.2) is 23.8 Å². The maximum Gasteiger partial charge on any atom is 0.331 e. The van der Waals surface area contributed by atoms with Gasteiger partial charge in [-0.1, -0.05) is 43.1 Å². The molecule has 1 rings (SSSR count). The first-order chi connectivity index (χ1) is 9.96. The average molecular weight is 293 g/mol. The van der Waals surface area contributed by atoms with Crippen molar-refractivity contribution in [3.63, 3.8) is 0 Å². The molecule has 1 N–H and O–H groups in total. The number of nitrogens with one attached hydrogen (secondary N) is 1. The molecule has 0 spiro atoms. The van der Waals surface area contributed by atoms with E-state index in [2.05, 4.69) is 5.32 Å². The number of carbonyl (C=O) groups excluding carboxylic acids is 2. The first-order valence-corrected chi connectivity index (χ1v) is 7.67. The summed E-state index contributed by atoms with van der Waals surface area (Å²) in [5.74, 6) is -0.692. The Balaban J connectivity index is 2.83. The summed E-state index contributed by atoms with van der Waals surface area (Å²) in [5.41, 5.74) is 0.139. The molecule has 1 saturated carbocycles. The molecule has 1 aliphatic carbocycles. The lowest BCUT2D eigenvalue weighted by Gasteiger charge is -2.36. The van der Waals surface area contributed by atoms with E-state index in [1.165, 1.54) is 7.11 Å². The molecule has 0 unspecified atom stereocenters. The fourth-order valence-corrected chi connectivity index (χ4v) is 2.67. The molecule has 0 radical (unpaired) electrons. The first kappa shape index (κ1) is 17.5. The molecule has 0 saturated heterocycles. The van der Waals surface area contributed by atoms with Gasteiger partial charge in [0.25, 0.3) is 0 Å². The quantitative estimate of drug-likeness (QED) is 0.626. The number of esters is 1. The zero-order chi connectivity index (χ0) is 15.9. The molecule has 118 valence electrons. The van der Waals surface area contributed by atoms with Gasteiger partial charge in [-0.05, 0) is 33.6 Å². The van der Waals surface area contributed by atoms with E-state index >= 15 is 0 Å². The summed E-state index contributed by atoms with van der Waals surface area (Å²) in [6.07, 6.45) is 10.1. The van der Waals surface area contributed by atoms with Crippen molar-refractivity contribution in [3.8, 4) is 0 Å². The number of amides is 1. The smallest absolute Gasteiger partial charge is 0.331 e. The van der Waals surface area contributed by atoms with Crippen molar-refractivity contribution in [2.24, 2.45) is 5.92 Å². The van der Waals surface area contributed by atoms with E-state index in [4.69, 9.17) is 4.74 Å².